The molecule has 0 amide bonds. The van der Waals surface area contributed by atoms with Crippen molar-refractivity contribution >= 4 is 17.1 Å². The Hall–Kier alpha value is -1.42. The largest absolute Gasteiger partial charge is 0.399 e. The first-order chi connectivity index (χ1) is 7.09. The van der Waals surface area contributed by atoms with Crippen LogP contribution in [0.4, 0.5) is 17.1 Å². The minimum Gasteiger partial charge on any atom is -0.399 e. The minimum absolute atomic E-state index is 0.735. The third kappa shape index (κ3) is 4.08. The highest BCUT2D eigenvalue weighted by Crippen LogP contribution is 2.20. The van der Waals surface area contributed by atoms with Gasteiger partial charge >= 0.3 is 0 Å². The van der Waals surface area contributed by atoms with Crippen molar-refractivity contribution in [3.63, 3.8) is 0 Å². The Morgan fingerprint density at radius 2 is 2.00 bits per heavy atom. The van der Waals surface area contributed by atoms with Gasteiger partial charge in [-0.1, -0.05) is 0 Å². The fourth-order valence-corrected chi connectivity index (χ4v) is 1.35. The van der Waals surface area contributed by atoms with E-state index in [1.54, 1.807) is 6.07 Å². The smallest absolute Gasteiger partial charge is 0.0594 e. The van der Waals surface area contributed by atoms with E-state index < -0.39 is 0 Å². The van der Waals surface area contributed by atoms with E-state index in [0.29, 0.717) is 0 Å². The summed E-state index contributed by atoms with van der Waals surface area (Å²) in [6.07, 6.45) is 1.08. The zero-order valence-corrected chi connectivity index (χ0v) is 9.46. The number of nitrogens with one attached hydrogen (secondary N) is 1. The van der Waals surface area contributed by atoms with Crippen molar-refractivity contribution in [1.82, 2.24) is 4.90 Å². The molecular formula is C11H20N4. The van der Waals surface area contributed by atoms with Gasteiger partial charge in [0.1, 0.15) is 0 Å². The second-order valence-electron chi connectivity index (χ2n) is 3.93. The molecule has 0 fully saturated rings. The molecule has 4 heteroatoms. The summed E-state index contributed by atoms with van der Waals surface area (Å²) in [5.74, 6) is 0. The second kappa shape index (κ2) is 5.46. The lowest BCUT2D eigenvalue weighted by atomic mass is 10.2. The third-order valence-corrected chi connectivity index (χ3v) is 2.17. The zero-order chi connectivity index (χ0) is 11.3. The summed E-state index contributed by atoms with van der Waals surface area (Å²) in [5.41, 5.74) is 13.9. The lowest BCUT2D eigenvalue weighted by Gasteiger charge is -2.12. The molecule has 0 aromatic heterocycles. The normalized spacial score (nSPS) is 10.6. The molecule has 0 aliphatic rings. The van der Waals surface area contributed by atoms with Crippen molar-refractivity contribution in [2.24, 2.45) is 0 Å². The van der Waals surface area contributed by atoms with E-state index in [0.717, 1.165) is 36.6 Å². The lowest BCUT2D eigenvalue weighted by Crippen LogP contribution is -2.16. The number of hydrogen-bond donors (Lipinski definition) is 3. The Balaban J connectivity index is 2.40. The van der Waals surface area contributed by atoms with Crippen LogP contribution in [0.5, 0.6) is 0 Å². The van der Waals surface area contributed by atoms with Gasteiger partial charge in [-0.2, -0.15) is 0 Å². The molecule has 15 heavy (non-hydrogen) atoms. The summed E-state index contributed by atoms with van der Waals surface area (Å²) in [7, 11) is 4.13. The van der Waals surface area contributed by atoms with Gasteiger partial charge < -0.3 is 21.7 Å². The molecule has 0 unspecified atom stereocenters. The van der Waals surface area contributed by atoms with Crippen LogP contribution in [-0.2, 0) is 0 Å². The molecule has 0 aliphatic heterocycles. The summed E-state index contributed by atoms with van der Waals surface area (Å²) in [6, 6.07) is 5.49. The van der Waals surface area contributed by atoms with E-state index in [9.17, 15) is 0 Å². The molecule has 0 aliphatic carbocycles. The average molecular weight is 208 g/mol. The van der Waals surface area contributed by atoms with Gasteiger partial charge in [0, 0.05) is 12.2 Å². The molecule has 84 valence electrons. The molecule has 0 radical (unpaired) electrons. The molecule has 5 N–H and O–H groups in total. The van der Waals surface area contributed by atoms with Gasteiger partial charge in [-0.25, -0.2) is 0 Å². The van der Waals surface area contributed by atoms with Crippen LogP contribution in [0.3, 0.4) is 0 Å². The van der Waals surface area contributed by atoms with Crippen LogP contribution >= 0.6 is 0 Å². The van der Waals surface area contributed by atoms with Crippen molar-refractivity contribution in [2.45, 2.75) is 6.42 Å². The minimum atomic E-state index is 0.735. The van der Waals surface area contributed by atoms with E-state index in [-0.39, 0.29) is 0 Å². The predicted octanol–water partition coefficient (Wildman–Crippen LogP) is 1.21. The third-order valence-electron chi connectivity index (χ3n) is 2.17. The van der Waals surface area contributed by atoms with Crippen molar-refractivity contribution in [3.8, 4) is 0 Å². The van der Waals surface area contributed by atoms with Gasteiger partial charge in [-0.15, -0.1) is 0 Å². The molecular weight excluding hydrogens is 188 g/mol. The van der Waals surface area contributed by atoms with Crippen LogP contribution < -0.4 is 16.8 Å². The maximum absolute atomic E-state index is 5.80. The zero-order valence-electron chi connectivity index (χ0n) is 9.46. The van der Waals surface area contributed by atoms with Crippen LogP contribution in [0.15, 0.2) is 18.2 Å². The highest BCUT2D eigenvalue weighted by atomic mass is 15.1. The number of benzene rings is 1. The van der Waals surface area contributed by atoms with Gasteiger partial charge in [-0.3, -0.25) is 0 Å². The van der Waals surface area contributed by atoms with Crippen molar-refractivity contribution < 1.29 is 0 Å². The monoisotopic (exact) mass is 208 g/mol. The van der Waals surface area contributed by atoms with Crippen LogP contribution in [0, 0.1) is 0 Å². The first-order valence-corrected chi connectivity index (χ1v) is 5.13. The van der Waals surface area contributed by atoms with Gasteiger partial charge in [0.25, 0.3) is 0 Å². The van der Waals surface area contributed by atoms with Crippen LogP contribution in [-0.4, -0.2) is 32.1 Å². The predicted molar refractivity (Wildman–Crippen MR) is 66.9 cm³/mol. The number of rotatable bonds is 5. The lowest BCUT2D eigenvalue weighted by molar-refractivity contribution is 0.405. The average Bonchev–Trinajstić information content (AvgIpc) is 2.17. The Morgan fingerprint density at radius 1 is 1.27 bits per heavy atom. The van der Waals surface area contributed by atoms with Crippen LogP contribution in [0.2, 0.25) is 0 Å². The first kappa shape index (κ1) is 11.7. The maximum Gasteiger partial charge on any atom is 0.0594 e. The topological polar surface area (TPSA) is 67.3 Å². The molecule has 0 heterocycles. The fourth-order valence-electron chi connectivity index (χ4n) is 1.35. The van der Waals surface area contributed by atoms with E-state index in [2.05, 4.69) is 24.3 Å². The number of nitrogens with zero attached hydrogens (tertiary/aromatic N) is 1. The van der Waals surface area contributed by atoms with Crippen molar-refractivity contribution in [3.05, 3.63) is 18.2 Å². The molecule has 0 saturated heterocycles. The Bertz CT molecular complexity index is 309. The van der Waals surface area contributed by atoms with Crippen molar-refractivity contribution in [2.75, 3.05) is 44.0 Å². The SMILES string of the molecule is CN(C)CCCNc1cc(N)ccc1N. The number of nitrogens with two attached hydrogens (primary N) is 2. The first-order valence-electron chi connectivity index (χ1n) is 5.13. The number of nitrogen functional groups attached to an aromatic ring is 2. The summed E-state index contributed by atoms with van der Waals surface area (Å²) in [6.45, 7) is 1.97. The molecule has 0 atom stereocenters. The van der Waals surface area contributed by atoms with Gasteiger partial charge in [0.05, 0.1) is 11.4 Å². The molecule has 0 bridgehead atoms. The molecule has 0 saturated carbocycles. The van der Waals surface area contributed by atoms with E-state index >= 15 is 0 Å². The quantitative estimate of drug-likeness (QED) is 0.502. The summed E-state index contributed by atoms with van der Waals surface area (Å²) >= 11 is 0. The number of anilines is 3. The molecule has 0 spiro atoms. The highest BCUT2D eigenvalue weighted by molar-refractivity contribution is 5.70. The maximum atomic E-state index is 5.80. The van der Waals surface area contributed by atoms with E-state index in [1.165, 1.54) is 0 Å². The highest BCUT2D eigenvalue weighted by Gasteiger charge is 1.98. The van der Waals surface area contributed by atoms with E-state index in [4.69, 9.17) is 11.5 Å². The summed E-state index contributed by atoms with van der Waals surface area (Å²) < 4.78 is 0. The molecule has 1 aromatic rings. The Labute approximate surface area is 91.2 Å². The van der Waals surface area contributed by atoms with Gasteiger partial charge in [-0.05, 0) is 45.3 Å². The van der Waals surface area contributed by atoms with Gasteiger partial charge in [0.15, 0.2) is 0 Å². The van der Waals surface area contributed by atoms with Crippen molar-refractivity contribution in [1.29, 1.82) is 0 Å². The summed E-state index contributed by atoms with van der Waals surface area (Å²) in [5, 5.41) is 3.28. The summed E-state index contributed by atoms with van der Waals surface area (Å²) in [4.78, 5) is 2.16. The van der Waals surface area contributed by atoms with Crippen LogP contribution in [0.1, 0.15) is 6.42 Å². The van der Waals surface area contributed by atoms with Gasteiger partial charge in [0.2, 0.25) is 0 Å². The Kier molecular flexibility index (Phi) is 4.24. The fraction of sp³-hybridized carbons (Fsp3) is 0.455. The van der Waals surface area contributed by atoms with E-state index in [1.807, 2.05) is 12.1 Å². The Morgan fingerprint density at radius 3 is 2.67 bits per heavy atom. The number of hydrogen-bond acceptors (Lipinski definition) is 4. The molecule has 1 rings (SSSR count). The standard InChI is InChI=1S/C11H20N4/c1-15(2)7-3-6-14-11-8-9(12)4-5-10(11)13/h4-5,8,14H,3,6-7,12-13H2,1-2H3. The molecule has 1 aromatic carbocycles. The molecule has 4 nitrogen and oxygen atoms in total. The second-order valence-corrected chi connectivity index (χ2v) is 3.93. The van der Waals surface area contributed by atoms with Crippen LogP contribution in [0.25, 0.3) is 0 Å².